The largest absolute Gasteiger partial charge is 0.486 e. The molecule has 110 valence electrons. The van der Waals surface area contributed by atoms with E-state index in [1.165, 1.54) is 0 Å². The number of hydrogen-bond acceptors (Lipinski definition) is 3. The predicted octanol–water partition coefficient (Wildman–Crippen LogP) is 2.84. The van der Waals surface area contributed by atoms with Crippen LogP contribution >= 0.6 is 11.6 Å². The van der Waals surface area contributed by atoms with Crippen LogP contribution in [0.5, 0.6) is 11.5 Å². The van der Waals surface area contributed by atoms with Gasteiger partial charge in [-0.1, -0.05) is 13.8 Å². The van der Waals surface area contributed by atoms with E-state index >= 15 is 0 Å². The monoisotopic (exact) mass is 297 g/mol. The summed E-state index contributed by atoms with van der Waals surface area (Å²) in [6.07, 6.45) is 0.759. The summed E-state index contributed by atoms with van der Waals surface area (Å²) in [4.78, 5) is 12.3. The summed E-state index contributed by atoms with van der Waals surface area (Å²) in [6, 6.07) is 5.33. The molecular formula is C15H20ClNO3. The molecule has 0 saturated carbocycles. The Bertz CT molecular complexity index is 476. The lowest BCUT2D eigenvalue weighted by atomic mass is 10.0. The predicted molar refractivity (Wildman–Crippen MR) is 78.9 cm³/mol. The molecule has 1 aromatic carbocycles. The van der Waals surface area contributed by atoms with E-state index < -0.39 is 0 Å². The number of ether oxygens (including phenoxy) is 2. The molecule has 4 nitrogen and oxygen atoms in total. The third-order valence-electron chi connectivity index (χ3n) is 3.35. The van der Waals surface area contributed by atoms with E-state index in [1.807, 2.05) is 0 Å². The second-order valence-electron chi connectivity index (χ2n) is 5.16. The number of fused-ring (bicyclic) bond motifs is 1. The molecular weight excluding hydrogens is 278 g/mol. The van der Waals surface area contributed by atoms with E-state index in [4.69, 9.17) is 21.1 Å². The molecule has 1 atom stereocenters. The van der Waals surface area contributed by atoms with Crippen LogP contribution in [-0.2, 0) is 0 Å². The van der Waals surface area contributed by atoms with Gasteiger partial charge in [-0.25, -0.2) is 0 Å². The van der Waals surface area contributed by atoms with Crippen LogP contribution in [0.3, 0.4) is 0 Å². The molecule has 0 saturated heterocycles. The molecule has 2 rings (SSSR count). The van der Waals surface area contributed by atoms with Gasteiger partial charge in [0.15, 0.2) is 11.5 Å². The normalized spacial score (nSPS) is 15.0. The summed E-state index contributed by atoms with van der Waals surface area (Å²) < 4.78 is 10.9. The maximum absolute atomic E-state index is 12.3. The van der Waals surface area contributed by atoms with Crippen molar-refractivity contribution in [3.05, 3.63) is 23.8 Å². The third kappa shape index (κ3) is 3.57. The average molecular weight is 298 g/mol. The highest BCUT2D eigenvalue weighted by molar-refractivity contribution is 6.17. The Labute approximate surface area is 124 Å². The number of amides is 1. The van der Waals surface area contributed by atoms with Gasteiger partial charge in [0.25, 0.3) is 5.91 Å². The molecule has 1 heterocycles. The lowest BCUT2D eigenvalue weighted by Gasteiger charge is -2.22. The summed E-state index contributed by atoms with van der Waals surface area (Å²) in [5.74, 6) is 2.08. The summed E-state index contributed by atoms with van der Waals surface area (Å²) in [7, 11) is 0. The fraction of sp³-hybridized carbons (Fsp3) is 0.533. The van der Waals surface area contributed by atoms with Crippen molar-refractivity contribution in [2.75, 3.05) is 19.1 Å². The molecule has 0 radical (unpaired) electrons. The van der Waals surface area contributed by atoms with Crippen LogP contribution < -0.4 is 14.8 Å². The zero-order valence-electron chi connectivity index (χ0n) is 11.8. The number of rotatable bonds is 5. The summed E-state index contributed by atoms with van der Waals surface area (Å²) in [6.45, 7) is 5.20. The lowest BCUT2D eigenvalue weighted by Crippen LogP contribution is -2.38. The Morgan fingerprint density at radius 1 is 1.30 bits per heavy atom. The number of benzene rings is 1. The van der Waals surface area contributed by atoms with Crippen molar-refractivity contribution < 1.29 is 14.3 Å². The van der Waals surface area contributed by atoms with E-state index in [-0.39, 0.29) is 11.9 Å². The number of carbonyl (C=O) groups is 1. The van der Waals surface area contributed by atoms with Crippen LogP contribution in [0.1, 0.15) is 30.6 Å². The molecule has 0 aliphatic carbocycles. The molecule has 1 unspecified atom stereocenters. The fourth-order valence-electron chi connectivity index (χ4n) is 2.13. The SMILES string of the molecule is CC(C)C(CCCl)NC(=O)c1ccc2c(c1)OCCO2. The molecule has 5 heteroatoms. The quantitative estimate of drug-likeness (QED) is 0.850. The fourth-order valence-corrected chi connectivity index (χ4v) is 2.36. The van der Waals surface area contributed by atoms with Gasteiger partial charge >= 0.3 is 0 Å². The Morgan fingerprint density at radius 2 is 2.00 bits per heavy atom. The second kappa shape index (κ2) is 6.84. The van der Waals surface area contributed by atoms with Crippen LogP contribution in [0.2, 0.25) is 0 Å². The molecule has 1 aliphatic heterocycles. The van der Waals surface area contributed by atoms with Crippen LogP contribution in [0.25, 0.3) is 0 Å². The average Bonchev–Trinajstić information content (AvgIpc) is 2.46. The molecule has 1 N–H and O–H groups in total. The van der Waals surface area contributed by atoms with Crippen molar-refractivity contribution >= 4 is 17.5 Å². The summed E-state index contributed by atoms with van der Waals surface area (Å²) in [5, 5.41) is 3.02. The third-order valence-corrected chi connectivity index (χ3v) is 3.56. The molecule has 1 aliphatic rings. The first-order valence-electron chi connectivity index (χ1n) is 6.88. The standard InChI is InChI=1S/C15H20ClNO3/c1-10(2)12(5-6-16)17-15(18)11-3-4-13-14(9-11)20-8-7-19-13/h3-4,9-10,12H,5-8H2,1-2H3,(H,17,18). The zero-order valence-corrected chi connectivity index (χ0v) is 12.6. The van der Waals surface area contributed by atoms with E-state index in [0.717, 1.165) is 6.42 Å². The minimum atomic E-state index is -0.106. The van der Waals surface area contributed by atoms with Crippen molar-refractivity contribution in [1.82, 2.24) is 5.32 Å². The minimum absolute atomic E-state index is 0.0770. The van der Waals surface area contributed by atoms with Crippen molar-refractivity contribution in [3.8, 4) is 11.5 Å². The summed E-state index contributed by atoms with van der Waals surface area (Å²) in [5.41, 5.74) is 0.578. The van der Waals surface area contributed by atoms with Crippen molar-refractivity contribution in [2.24, 2.45) is 5.92 Å². The Morgan fingerprint density at radius 3 is 2.65 bits per heavy atom. The Balaban J connectivity index is 2.08. The van der Waals surface area contributed by atoms with Crippen molar-refractivity contribution in [3.63, 3.8) is 0 Å². The van der Waals surface area contributed by atoms with Crippen LogP contribution in [0.4, 0.5) is 0 Å². The van der Waals surface area contributed by atoms with Gasteiger partial charge in [0.05, 0.1) is 0 Å². The Kier molecular flexibility index (Phi) is 5.12. The van der Waals surface area contributed by atoms with Crippen molar-refractivity contribution in [2.45, 2.75) is 26.3 Å². The number of alkyl halides is 1. The number of hydrogen-bond donors (Lipinski definition) is 1. The molecule has 20 heavy (non-hydrogen) atoms. The molecule has 1 amide bonds. The number of halogens is 1. The minimum Gasteiger partial charge on any atom is -0.486 e. The molecule has 0 spiro atoms. The number of carbonyl (C=O) groups excluding carboxylic acids is 1. The highest BCUT2D eigenvalue weighted by atomic mass is 35.5. The first-order valence-corrected chi connectivity index (χ1v) is 7.41. The summed E-state index contributed by atoms with van der Waals surface area (Å²) >= 11 is 5.78. The van der Waals surface area contributed by atoms with Gasteiger partial charge in [0.2, 0.25) is 0 Å². The molecule has 0 bridgehead atoms. The van der Waals surface area contributed by atoms with Gasteiger partial charge in [-0.15, -0.1) is 11.6 Å². The smallest absolute Gasteiger partial charge is 0.251 e. The molecule has 1 aromatic rings. The maximum atomic E-state index is 12.3. The van der Waals surface area contributed by atoms with Gasteiger partial charge in [-0.3, -0.25) is 4.79 Å². The van der Waals surface area contributed by atoms with E-state index in [1.54, 1.807) is 18.2 Å². The van der Waals surface area contributed by atoms with Crippen LogP contribution in [0.15, 0.2) is 18.2 Å². The zero-order chi connectivity index (χ0) is 14.5. The highest BCUT2D eigenvalue weighted by Crippen LogP contribution is 2.30. The van der Waals surface area contributed by atoms with Crippen molar-refractivity contribution in [1.29, 1.82) is 0 Å². The first-order chi connectivity index (χ1) is 9.61. The van der Waals surface area contributed by atoms with E-state index in [0.29, 0.717) is 42.1 Å². The van der Waals surface area contributed by atoms with Gasteiger partial charge in [0, 0.05) is 17.5 Å². The maximum Gasteiger partial charge on any atom is 0.251 e. The van der Waals surface area contributed by atoms with Gasteiger partial charge in [-0.05, 0) is 30.5 Å². The highest BCUT2D eigenvalue weighted by Gasteiger charge is 2.19. The van der Waals surface area contributed by atoms with Crippen LogP contribution in [0, 0.1) is 5.92 Å². The number of nitrogens with one attached hydrogen (secondary N) is 1. The van der Waals surface area contributed by atoms with Gasteiger partial charge in [-0.2, -0.15) is 0 Å². The molecule has 0 fully saturated rings. The van der Waals surface area contributed by atoms with Gasteiger partial charge in [0.1, 0.15) is 13.2 Å². The second-order valence-corrected chi connectivity index (χ2v) is 5.54. The van der Waals surface area contributed by atoms with E-state index in [9.17, 15) is 4.79 Å². The first kappa shape index (κ1) is 15.0. The molecule has 0 aromatic heterocycles. The lowest BCUT2D eigenvalue weighted by molar-refractivity contribution is 0.0923. The topological polar surface area (TPSA) is 47.6 Å². The van der Waals surface area contributed by atoms with Gasteiger partial charge < -0.3 is 14.8 Å². The van der Waals surface area contributed by atoms with Crippen LogP contribution in [-0.4, -0.2) is 31.0 Å². The van der Waals surface area contributed by atoms with E-state index in [2.05, 4.69) is 19.2 Å². The Hall–Kier alpha value is -1.42.